The van der Waals surface area contributed by atoms with E-state index >= 15 is 0 Å². The summed E-state index contributed by atoms with van der Waals surface area (Å²) in [5.74, 6) is 2.90. The van der Waals surface area contributed by atoms with Crippen molar-refractivity contribution in [3.8, 4) is 12.3 Å². The summed E-state index contributed by atoms with van der Waals surface area (Å²) >= 11 is 0. The van der Waals surface area contributed by atoms with Gasteiger partial charge in [0, 0.05) is 39.3 Å². The maximum absolute atomic E-state index is 11.9. The molecule has 1 saturated heterocycles. The van der Waals surface area contributed by atoms with Gasteiger partial charge in [0.15, 0.2) is 0 Å². The predicted molar refractivity (Wildman–Crippen MR) is 69.6 cm³/mol. The van der Waals surface area contributed by atoms with Gasteiger partial charge in [-0.05, 0) is 13.8 Å². The van der Waals surface area contributed by atoms with Gasteiger partial charge in [-0.1, -0.05) is 5.92 Å². The number of rotatable bonds is 5. The molecule has 0 radical (unpaired) electrons. The van der Waals surface area contributed by atoms with E-state index in [2.05, 4.69) is 15.7 Å². The molecule has 1 fully saturated rings. The van der Waals surface area contributed by atoms with Gasteiger partial charge in [-0.15, -0.1) is 6.42 Å². The van der Waals surface area contributed by atoms with Crippen molar-refractivity contribution in [1.29, 1.82) is 0 Å². The summed E-state index contributed by atoms with van der Waals surface area (Å²) in [4.78, 5) is 18.3. The second kappa shape index (κ2) is 7.31. The molecule has 1 aliphatic rings. The highest BCUT2D eigenvalue weighted by Gasteiger charge is 2.19. The van der Waals surface area contributed by atoms with Crippen LogP contribution < -0.4 is 0 Å². The van der Waals surface area contributed by atoms with Crippen molar-refractivity contribution in [2.24, 2.45) is 0 Å². The van der Waals surface area contributed by atoms with Crippen molar-refractivity contribution < 1.29 is 4.79 Å². The first kappa shape index (κ1) is 14.0. The monoisotopic (exact) mass is 237 g/mol. The Kier molecular flexibility index (Phi) is 6.03. The molecule has 96 valence electrons. The normalized spacial score (nSPS) is 17.7. The van der Waals surface area contributed by atoms with Crippen molar-refractivity contribution in [3.63, 3.8) is 0 Å². The highest BCUT2D eigenvalue weighted by atomic mass is 16.2. The molecule has 0 aromatic heterocycles. The van der Waals surface area contributed by atoms with E-state index in [0.717, 1.165) is 45.8 Å². The number of likely N-dealkylation sites (N-methyl/N-ethyl adjacent to an activating group) is 1. The van der Waals surface area contributed by atoms with Gasteiger partial charge in [0.25, 0.3) is 0 Å². The van der Waals surface area contributed by atoms with Gasteiger partial charge in [0.1, 0.15) is 0 Å². The first-order valence-electron chi connectivity index (χ1n) is 6.37. The van der Waals surface area contributed by atoms with Crippen LogP contribution in [-0.4, -0.2) is 73.0 Å². The van der Waals surface area contributed by atoms with Crippen LogP contribution in [0, 0.1) is 12.3 Å². The van der Waals surface area contributed by atoms with Crippen LogP contribution in [-0.2, 0) is 4.79 Å². The molecule has 0 aliphatic carbocycles. The molecule has 1 aliphatic heterocycles. The highest BCUT2D eigenvalue weighted by Crippen LogP contribution is 2.02. The van der Waals surface area contributed by atoms with Crippen LogP contribution in [0.15, 0.2) is 0 Å². The third kappa shape index (κ3) is 4.37. The minimum Gasteiger partial charge on any atom is -0.342 e. The summed E-state index contributed by atoms with van der Waals surface area (Å²) in [6.45, 7) is 10.7. The zero-order valence-electron chi connectivity index (χ0n) is 11.0. The fraction of sp³-hybridized carbons (Fsp3) is 0.769. The Morgan fingerprint density at radius 1 is 1.18 bits per heavy atom. The molecular formula is C13H23N3O. The van der Waals surface area contributed by atoms with E-state index < -0.39 is 0 Å². The standard InChI is InChI=1S/C13H23N3O/c1-4-7-14-8-10-15(11-9-14)12-13(17)16(5-2)6-3/h1H,5-12H2,2-3H3. The predicted octanol–water partition coefficient (Wildman–Crippen LogP) is 0.106. The van der Waals surface area contributed by atoms with Gasteiger partial charge in [-0.2, -0.15) is 0 Å². The van der Waals surface area contributed by atoms with E-state index in [1.807, 2.05) is 18.7 Å². The number of carbonyl (C=O) groups is 1. The van der Waals surface area contributed by atoms with Gasteiger partial charge < -0.3 is 4.90 Å². The first-order valence-corrected chi connectivity index (χ1v) is 6.37. The molecule has 0 saturated carbocycles. The van der Waals surface area contributed by atoms with Crippen LogP contribution in [0.1, 0.15) is 13.8 Å². The minimum atomic E-state index is 0.236. The van der Waals surface area contributed by atoms with E-state index in [9.17, 15) is 4.79 Å². The molecule has 4 nitrogen and oxygen atoms in total. The number of nitrogens with zero attached hydrogens (tertiary/aromatic N) is 3. The van der Waals surface area contributed by atoms with Gasteiger partial charge in [0.2, 0.25) is 5.91 Å². The highest BCUT2D eigenvalue weighted by molar-refractivity contribution is 5.78. The lowest BCUT2D eigenvalue weighted by molar-refractivity contribution is -0.132. The number of terminal acetylenes is 1. The summed E-state index contributed by atoms with van der Waals surface area (Å²) in [5.41, 5.74) is 0. The molecule has 0 atom stereocenters. The fourth-order valence-corrected chi connectivity index (χ4v) is 2.10. The molecule has 0 spiro atoms. The second-order valence-electron chi connectivity index (χ2n) is 4.32. The molecule has 1 amide bonds. The fourth-order valence-electron chi connectivity index (χ4n) is 2.10. The molecule has 0 unspecified atom stereocenters. The number of piperazine rings is 1. The Hall–Kier alpha value is -1.05. The molecule has 0 bridgehead atoms. The Labute approximate surface area is 105 Å². The summed E-state index contributed by atoms with van der Waals surface area (Å²) < 4.78 is 0. The van der Waals surface area contributed by atoms with Crippen LogP contribution in [0.2, 0.25) is 0 Å². The van der Waals surface area contributed by atoms with Crippen LogP contribution in [0.3, 0.4) is 0 Å². The average molecular weight is 237 g/mol. The lowest BCUT2D eigenvalue weighted by atomic mass is 10.3. The van der Waals surface area contributed by atoms with Gasteiger partial charge in [-0.25, -0.2) is 0 Å². The Bertz CT molecular complexity index is 273. The molecule has 1 rings (SSSR count). The number of hydrogen-bond acceptors (Lipinski definition) is 3. The Morgan fingerprint density at radius 2 is 1.71 bits per heavy atom. The van der Waals surface area contributed by atoms with Crippen LogP contribution in [0.25, 0.3) is 0 Å². The summed E-state index contributed by atoms with van der Waals surface area (Å²) in [5, 5.41) is 0. The molecule has 4 heteroatoms. The third-order valence-corrected chi connectivity index (χ3v) is 3.25. The smallest absolute Gasteiger partial charge is 0.236 e. The maximum atomic E-state index is 11.9. The van der Waals surface area contributed by atoms with Crippen molar-refractivity contribution in [2.75, 3.05) is 52.4 Å². The average Bonchev–Trinajstić information content (AvgIpc) is 2.33. The van der Waals surface area contributed by atoms with Crippen molar-refractivity contribution in [2.45, 2.75) is 13.8 Å². The summed E-state index contributed by atoms with van der Waals surface area (Å²) in [6, 6.07) is 0. The largest absolute Gasteiger partial charge is 0.342 e. The van der Waals surface area contributed by atoms with Crippen molar-refractivity contribution in [1.82, 2.24) is 14.7 Å². The van der Waals surface area contributed by atoms with E-state index in [4.69, 9.17) is 6.42 Å². The second-order valence-corrected chi connectivity index (χ2v) is 4.32. The Balaban J connectivity index is 2.30. The molecule has 0 aromatic carbocycles. The molecule has 17 heavy (non-hydrogen) atoms. The lowest BCUT2D eigenvalue weighted by Crippen LogP contribution is -2.50. The number of carbonyl (C=O) groups excluding carboxylic acids is 1. The first-order chi connectivity index (χ1) is 8.21. The molecule has 0 aromatic rings. The molecule has 0 N–H and O–H groups in total. The topological polar surface area (TPSA) is 26.8 Å². The number of hydrogen-bond donors (Lipinski definition) is 0. The van der Waals surface area contributed by atoms with Crippen LogP contribution >= 0.6 is 0 Å². The van der Waals surface area contributed by atoms with Gasteiger partial charge in [-0.3, -0.25) is 14.6 Å². The Morgan fingerprint density at radius 3 is 2.18 bits per heavy atom. The van der Waals surface area contributed by atoms with Crippen molar-refractivity contribution >= 4 is 5.91 Å². The SMILES string of the molecule is C#CCN1CCN(CC(=O)N(CC)CC)CC1. The molecule has 1 heterocycles. The van der Waals surface area contributed by atoms with Crippen LogP contribution in [0.5, 0.6) is 0 Å². The van der Waals surface area contributed by atoms with Crippen molar-refractivity contribution in [3.05, 3.63) is 0 Å². The third-order valence-electron chi connectivity index (χ3n) is 3.25. The maximum Gasteiger partial charge on any atom is 0.236 e. The van der Waals surface area contributed by atoms with E-state index in [-0.39, 0.29) is 5.91 Å². The van der Waals surface area contributed by atoms with Crippen LogP contribution in [0.4, 0.5) is 0 Å². The molecular weight excluding hydrogens is 214 g/mol. The summed E-state index contributed by atoms with van der Waals surface area (Å²) in [7, 11) is 0. The quantitative estimate of drug-likeness (QED) is 0.635. The van der Waals surface area contributed by atoms with E-state index in [1.54, 1.807) is 0 Å². The summed E-state index contributed by atoms with van der Waals surface area (Å²) in [6.07, 6.45) is 5.28. The lowest BCUT2D eigenvalue weighted by Gasteiger charge is -2.34. The van der Waals surface area contributed by atoms with E-state index in [0.29, 0.717) is 6.54 Å². The number of amides is 1. The zero-order valence-corrected chi connectivity index (χ0v) is 11.0. The van der Waals surface area contributed by atoms with Gasteiger partial charge in [0.05, 0.1) is 13.1 Å². The van der Waals surface area contributed by atoms with E-state index in [1.165, 1.54) is 0 Å². The van der Waals surface area contributed by atoms with Gasteiger partial charge >= 0.3 is 0 Å². The minimum absolute atomic E-state index is 0.236. The zero-order chi connectivity index (χ0) is 12.7.